The maximum absolute atomic E-state index is 12.7. The number of carbonyl (C=O) groups is 3. The minimum atomic E-state index is -0.421. The molecule has 28 heavy (non-hydrogen) atoms. The highest BCUT2D eigenvalue weighted by Gasteiger charge is 2.19. The highest BCUT2D eigenvalue weighted by Crippen LogP contribution is 2.21. The summed E-state index contributed by atoms with van der Waals surface area (Å²) in [5, 5.41) is 5.87. The van der Waals surface area contributed by atoms with Crippen LogP contribution in [0.1, 0.15) is 59.7 Å². The zero-order valence-electron chi connectivity index (χ0n) is 15.9. The molecule has 6 nitrogen and oxygen atoms in total. The van der Waals surface area contributed by atoms with E-state index in [2.05, 4.69) is 10.6 Å². The van der Waals surface area contributed by atoms with Gasteiger partial charge in [-0.1, -0.05) is 31.4 Å². The number of amides is 2. The summed E-state index contributed by atoms with van der Waals surface area (Å²) in [5.41, 5.74) is 1.31. The molecule has 0 bridgehead atoms. The minimum Gasteiger partial charge on any atom is -0.427 e. The summed E-state index contributed by atoms with van der Waals surface area (Å²) < 4.78 is 4.97. The SMILES string of the molecule is CC(=O)Oc1ccc(C(=O)Nc2ccccc2C(=O)NC2CCCCC2)cc1. The molecule has 1 fully saturated rings. The first-order valence-corrected chi connectivity index (χ1v) is 9.52. The Bertz CT molecular complexity index is 855. The van der Waals surface area contributed by atoms with Gasteiger partial charge in [-0.05, 0) is 49.2 Å². The van der Waals surface area contributed by atoms with E-state index in [4.69, 9.17) is 4.74 Å². The van der Waals surface area contributed by atoms with E-state index in [1.165, 1.54) is 13.3 Å². The Morgan fingerprint density at radius 2 is 1.57 bits per heavy atom. The Kier molecular flexibility index (Phi) is 6.42. The first-order valence-electron chi connectivity index (χ1n) is 9.52. The molecule has 2 aromatic carbocycles. The van der Waals surface area contributed by atoms with Gasteiger partial charge in [-0.25, -0.2) is 0 Å². The number of benzene rings is 2. The molecule has 0 saturated heterocycles. The van der Waals surface area contributed by atoms with E-state index < -0.39 is 5.97 Å². The lowest BCUT2D eigenvalue weighted by Crippen LogP contribution is -2.36. The molecule has 3 rings (SSSR count). The number of carbonyl (C=O) groups excluding carboxylic acids is 3. The van der Waals surface area contributed by atoms with Crippen LogP contribution in [-0.4, -0.2) is 23.8 Å². The second kappa shape index (κ2) is 9.17. The third-order valence-corrected chi connectivity index (χ3v) is 4.74. The van der Waals surface area contributed by atoms with Crippen LogP contribution in [0.4, 0.5) is 5.69 Å². The van der Waals surface area contributed by atoms with Gasteiger partial charge in [0, 0.05) is 18.5 Å². The van der Waals surface area contributed by atoms with E-state index in [-0.39, 0.29) is 17.9 Å². The first kappa shape index (κ1) is 19.6. The van der Waals surface area contributed by atoms with Crippen LogP contribution < -0.4 is 15.4 Å². The van der Waals surface area contributed by atoms with Crippen molar-refractivity contribution in [3.63, 3.8) is 0 Å². The zero-order valence-corrected chi connectivity index (χ0v) is 15.9. The number of esters is 1. The Labute approximate surface area is 164 Å². The largest absolute Gasteiger partial charge is 0.427 e. The van der Waals surface area contributed by atoms with E-state index in [1.807, 2.05) is 0 Å². The second-order valence-electron chi connectivity index (χ2n) is 6.93. The molecular weight excluding hydrogens is 356 g/mol. The fourth-order valence-corrected chi connectivity index (χ4v) is 3.33. The minimum absolute atomic E-state index is 0.173. The van der Waals surface area contributed by atoms with Crippen LogP contribution in [0, 0.1) is 0 Å². The molecule has 1 saturated carbocycles. The van der Waals surface area contributed by atoms with Crippen LogP contribution in [0.5, 0.6) is 5.75 Å². The van der Waals surface area contributed by atoms with E-state index in [9.17, 15) is 14.4 Å². The van der Waals surface area contributed by atoms with E-state index in [0.717, 1.165) is 25.7 Å². The van der Waals surface area contributed by atoms with Crippen molar-refractivity contribution in [3.05, 3.63) is 59.7 Å². The summed E-state index contributed by atoms with van der Waals surface area (Å²) in [6.07, 6.45) is 5.47. The van der Waals surface area contributed by atoms with Gasteiger partial charge in [-0.2, -0.15) is 0 Å². The highest BCUT2D eigenvalue weighted by molar-refractivity contribution is 6.09. The zero-order chi connectivity index (χ0) is 19.9. The van der Waals surface area contributed by atoms with Crippen molar-refractivity contribution in [2.24, 2.45) is 0 Å². The van der Waals surface area contributed by atoms with Gasteiger partial charge in [0.15, 0.2) is 0 Å². The van der Waals surface area contributed by atoms with E-state index in [1.54, 1.807) is 48.5 Å². The maximum Gasteiger partial charge on any atom is 0.308 e. The lowest BCUT2D eigenvalue weighted by Gasteiger charge is -2.23. The molecule has 0 atom stereocenters. The van der Waals surface area contributed by atoms with Crippen LogP contribution in [0.3, 0.4) is 0 Å². The molecule has 0 spiro atoms. The van der Waals surface area contributed by atoms with Crippen LogP contribution in [-0.2, 0) is 4.79 Å². The number of anilines is 1. The topological polar surface area (TPSA) is 84.5 Å². The second-order valence-corrected chi connectivity index (χ2v) is 6.93. The van der Waals surface area contributed by atoms with Crippen molar-refractivity contribution in [3.8, 4) is 5.75 Å². The molecular formula is C22H24N2O4. The van der Waals surface area contributed by atoms with Crippen LogP contribution in [0.25, 0.3) is 0 Å². The number of ether oxygens (including phenoxy) is 1. The molecule has 0 aliphatic heterocycles. The van der Waals surface area contributed by atoms with Gasteiger partial charge in [0.05, 0.1) is 11.3 Å². The lowest BCUT2D eigenvalue weighted by atomic mass is 9.95. The molecule has 0 unspecified atom stereocenters. The van der Waals surface area contributed by atoms with Gasteiger partial charge in [0.25, 0.3) is 11.8 Å². The number of hydrogen-bond donors (Lipinski definition) is 2. The summed E-state index contributed by atoms with van der Waals surface area (Å²) in [7, 11) is 0. The smallest absolute Gasteiger partial charge is 0.308 e. The van der Waals surface area contributed by atoms with Gasteiger partial charge in [0.2, 0.25) is 0 Å². The Morgan fingerprint density at radius 1 is 0.893 bits per heavy atom. The van der Waals surface area contributed by atoms with Crippen molar-refractivity contribution in [1.29, 1.82) is 0 Å². The Balaban J connectivity index is 1.69. The van der Waals surface area contributed by atoms with Crippen molar-refractivity contribution < 1.29 is 19.1 Å². The maximum atomic E-state index is 12.7. The molecule has 2 N–H and O–H groups in total. The van der Waals surface area contributed by atoms with Crippen molar-refractivity contribution in [1.82, 2.24) is 5.32 Å². The van der Waals surface area contributed by atoms with Crippen LogP contribution in [0.15, 0.2) is 48.5 Å². The predicted molar refractivity (Wildman–Crippen MR) is 106 cm³/mol. The standard InChI is InChI=1S/C22H24N2O4/c1-15(25)28-18-13-11-16(12-14-18)21(26)24-20-10-6-5-9-19(20)22(27)23-17-7-3-2-4-8-17/h5-6,9-14,17H,2-4,7-8H2,1H3,(H,23,27)(H,24,26). The average molecular weight is 380 g/mol. The molecule has 0 aromatic heterocycles. The lowest BCUT2D eigenvalue weighted by molar-refractivity contribution is -0.131. The van der Waals surface area contributed by atoms with Crippen LogP contribution in [0.2, 0.25) is 0 Å². The number of para-hydroxylation sites is 1. The Hall–Kier alpha value is -3.15. The summed E-state index contributed by atoms with van der Waals surface area (Å²) in [5.74, 6) is -0.563. The molecule has 0 heterocycles. The van der Waals surface area contributed by atoms with Gasteiger partial charge in [-0.3, -0.25) is 14.4 Å². The summed E-state index contributed by atoms with van der Waals surface area (Å²) in [4.78, 5) is 36.2. The Morgan fingerprint density at radius 3 is 2.25 bits per heavy atom. The monoisotopic (exact) mass is 380 g/mol. The van der Waals surface area contributed by atoms with Gasteiger partial charge >= 0.3 is 5.97 Å². The third kappa shape index (κ3) is 5.19. The number of nitrogens with one attached hydrogen (secondary N) is 2. The normalized spacial score (nSPS) is 14.2. The highest BCUT2D eigenvalue weighted by atomic mass is 16.5. The van der Waals surface area contributed by atoms with Crippen molar-refractivity contribution >= 4 is 23.5 Å². The summed E-state index contributed by atoms with van der Waals surface area (Å²) in [6.45, 7) is 1.32. The van der Waals surface area contributed by atoms with Gasteiger partial charge in [0.1, 0.15) is 5.75 Å². The summed E-state index contributed by atoms with van der Waals surface area (Å²) in [6, 6.07) is 13.4. The average Bonchev–Trinajstić information content (AvgIpc) is 2.69. The van der Waals surface area contributed by atoms with E-state index in [0.29, 0.717) is 22.6 Å². The molecule has 1 aliphatic carbocycles. The predicted octanol–water partition coefficient (Wildman–Crippen LogP) is 3.93. The third-order valence-electron chi connectivity index (χ3n) is 4.74. The van der Waals surface area contributed by atoms with Crippen LogP contribution >= 0.6 is 0 Å². The quantitative estimate of drug-likeness (QED) is 0.608. The molecule has 6 heteroatoms. The fourth-order valence-electron chi connectivity index (χ4n) is 3.33. The molecule has 0 radical (unpaired) electrons. The number of hydrogen-bond acceptors (Lipinski definition) is 4. The molecule has 2 amide bonds. The van der Waals surface area contributed by atoms with Crippen molar-refractivity contribution in [2.75, 3.05) is 5.32 Å². The van der Waals surface area contributed by atoms with E-state index >= 15 is 0 Å². The van der Waals surface area contributed by atoms with Gasteiger partial charge in [-0.15, -0.1) is 0 Å². The fraction of sp³-hybridized carbons (Fsp3) is 0.318. The van der Waals surface area contributed by atoms with Crippen molar-refractivity contribution in [2.45, 2.75) is 45.1 Å². The molecule has 146 valence electrons. The molecule has 2 aromatic rings. The molecule has 1 aliphatic rings. The van der Waals surface area contributed by atoms with Gasteiger partial charge < -0.3 is 15.4 Å². The number of rotatable bonds is 5. The summed E-state index contributed by atoms with van der Waals surface area (Å²) >= 11 is 0. The first-order chi connectivity index (χ1) is 13.5.